The minimum atomic E-state index is 1.13. The van der Waals surface area contributed by atoms with Gasteiger partial charge in [-0.3, -0.25) is 0 Å². The molecule has 0 unspecified atom stereocenters. The number of para-hydroxylation sites is 1. The molecular weight excluding hydrogens is 206 g/mol. The molecule has 0 radical (unpaired) electrons. The van der Waals surface area contributed by atoms with Crippen LogP contribution in [0.3, 0.4) is 0 Å². The molecule has 0 atom stereocenters. The molecule has 4 rings (SSSR count). The average molecular weight is 217 g/mol. The predicted molar refractivity (Wildman–Crippen MR) is 71.9 cm³/mol. The van der Waals surface area contributed by atoms with Gasteiger partial charge in [0.2, 0.25) is 0 Å². The molecule has 80 valence electrons. The summed E-state index contributed by atoms with van der Waals surface area (Å²) >= 11 is 0. The highest BCUT2D eigenvalue weighted by Gasteiger charge is 2.25. The maximum atomic E-state index is 4.24. The van der Waals surface area contributed by atoms with E-state index < -0.39 is 0 Å². The SMILES string of the molecule is C=C1c2ccccc2-c2[nH]c3ccccc3c21. The van der Waals surface area contributed by atoms with Crippen molar-refractivity contribution >= 4 is 16.5 Å². The van der Waals surface area contributed by atoms with Crippen molar-refractivity contribution < 1.29 is 0 Å². The summed E-state index contributed by atoms with van der Waals surface area (Å²) < 4.78 is 0. The van der Waals surface area contributed by atoms with Crippen molar-refractivity contribution in [2.24, 2.45) is 0 Å². The molecule has 0 saturated heterocycles. The maximum absolute atomic E-state index is 4.24. The Labute approximate surface area is 99.4 Å². The molecule has 0 fully saturated rings. The third-order valence-corrected chi connectivity index (χ3v) is 3.53. The Kier molecular flexibility index (Phi) is 1.50. The molecule has 0 amide bonds. The van der Waals surface area contributed by atoms with E-state index >= 15 is 0 Å². The van der Waals surface area contributed by atoms with E-state index in [4.69, 9.17) is 0 Å². The molecule has 1 aromatic heterocycles. The van der Waals surface area contributed by atoms with Crippen LogP contribution in [0.1, 0.15) is 11.1 Å². The lowest BCUT2D eigenvalue weighted by atomic mass is 10.0. The molecule has 0 bridgehead atoms. The summed E-state index contributed by atoms with van der Waals surface area (Å²) in [6.45, 7) is 4.24. The summed E-state index contributed by atoms with van der Waals surface area (Å²) in [4.78, 5) is 3.50. The number of hydrogen-bond donors (Lipinski definition) is 1. The third-order valence-electron chi connectivity index (χ3n) is 3.53. The van der Waals surface area contributed by atoms with Crippen molar-refractivity contribution in [1.29, 1.82) is 0 Å². The molecular formula is C16H11N. The highest BCUT2D eigenvalue weighted by Crippen LogP contribution is 2.46. The molecule has 1 heteroatoms. The zero-order valence-electron chi connectivity index (χ0n) is 9.33. The van der Waals surface area contributed by atoms with Gasteiger partial charge in [-0.25, -0.2) is 0 Å². The first-order chi connectivity index (χ1) is 8.36. The van der Waals surface area contributed by atoms with Gasteiger partial charge in [0.15, 0.2) is 0 Å². The van der Waals surface area contributed by atoms with E-state index in [2.05, 4.69) is 60.1 Å². The highest BCUT2D eigenvalue weighted by molar-refractivity contribution is 6.10. The molecule has 17 heavy (non-hydrogen) atoms. The van der Waals surface area contributed by atoms with Crippen LogP contribution in [0.5, 0.6) is 0 Å². The van der Waals surface area contributed by atoms with Gasteiger partial charge in [-0.05, 0) is 17.2 Å². The quantitative estimate of drug-likeness (QED) is 0.454. The summed E-state index contributed by atoms with van der Waals surface area (Å²) in [5, 5.41) is 1.27. The highest BCUT2D eigenvalue weighted by atomic mass is 14.7. The first kappa shape index (κ1) is 8.82. The summed E-state index contributed by atoms with van der Waals surface area (Å²) in [6.07, 6.45) is 0. The zero-order chi connectivity index (χ0) is 11.4. The maximum Gasteiger partial charge on any atom is 0.0550 e. The van der Waals surface area contributed by atoms with E-state index in [-0.39, 0.29) is 0 Å². The number of H-pyrrole nitrogens is 1. The number of rotatable bonds is 0. The monoisotopic (exact) mass is 217 g/mol. The summed E-state index contributed by atoms with van der Waals surface area (Å²) in [6, 6.07) is 16.8. The number of aromatic nitrogens is 1. The zero-order valence-corrected chi connectivity index (χ0v) is 9.33. The Morgan fingerprint density at radius 3 is 2.41 bits per heavy atom. The smallest absolute Gasteiger partial charge is 0.0550 e. The predicted octanol–water partition coefficient (Wildman–Crippen LogP) is 4.21. The Morgan fingerprint density at radius 1 is 0.824 bits per heavy atom. The molecule has 0 saturated carbocycles. The Hall–Kier alpha value is -2.28. The van der Waals surface area contributed by atoms with E-state index in [1.54, 1.807) is 0 Å². The van der Waals surface area contributed by atoms with Gasteiger partial charge < -0.3 is 4.98 Å². The third kappa shape index (κ3) is 0.986. The van der Waals surface area contributed by atoms with Gasteiger partial charge in [0, 0.05) is 22.0 Å². The number of aromatic amines is 1. The molecule has 0 spiro atoms. The van der Waals surface area contributed by atoms with Crippen LogP contribution < -0.4 is 0 Å². The van der Waals surface area contributed by atoms with E-state index in [0.717, 1.165) is 5.57 Å². The molecule has 0 aliphatic heterocycles. The second-order valence-electron chi connectivity index (χ2n) is 4.44. The van der Waals surface area contributed by atoms with Crippen LogP contribution in [0.2, 0.25) is 0 Å². The minimum Gasteiger partial charge on any atom is -0.354 e. The summed E-state index contributed by atoms with van der Waals surface area (Å²) in [5.41, 5.74) is 7.32. The van der Waals surface area contributed by atoms with Gasteiger partial charge in [0.05, 0.1) is 5.69 Å². The van der Waals surface area contributed by atoms with Crippen LogP contribution in [0.15, 0.2) is 55.1 Å². The molecule has 3 aromatic rings. The van der Waals surface area contributed by atoms with Gasteiger partial charge in [0.25, 0.3) is 0 Å². The van der Waals surface area contributed by atoms with Crippen LogP contribution in [0.25, 0.3) is 27.7 Å². The van der Waals surface area contributed by atoms with Gasteiger partial charge in [-0.15, -0.1) is 0 Å². The van der Waals surface area contributed by atoms with Crippen LogP contribution in [0, 0.1) is 0 Å². The Bertz CT molecular complexity index is 762. The van der Waals surface area contributed by atoms with Gasteiger partial charge in [-0.2, -0.15) is 0 Å². The molecule has 1 nitrogen and oxygen atoms in total. The van der Waals surface area contributed by atoms with Crippen molar-refractivity contribution in [1.82, 2.24) is 4.98 Å². The fraction of sp³-hybridized carbons (Fsp3) is 0. The van der Waals surface area contributed by atoms with Crippen LogP contribution in [-0.2, 0) is 0 Å². The topological polar surface area (TPSA) is 15.8 Å². The standard InChI is InChI=1S/C16H11N/c1-10-11-6-2-3-7-12(11)16-15(10)13-8-4-5-9-14(13)17-16/h2-9,17H,1H2. The van der Waals surface area contributed by atoms with Crippen molar-refractivity contribution in [2.75, 3.05) is 0 Å². The largest absolute Gasteiger partial charge is 0.354 e. The number of benzene rings is 2. The van der Waals surface area contributed by atoms with Crippen molar-refractivity contribution in [3.63, 3.8) is 0 Å². The number of nitrogens with one attached hydrogen (secondary N) is 1. The fourth-order valence-corrected chi connectivity index (χ4v) is 2.76. The van der Waals surface area contributed by atoms with Crippen molar-refractivity contribution in [3.8, 4) is 11.3 Å². The minimum absolute atomic E-state index is 1.13. The van der Waals surface area contributed by atoms with E-state index in [1.165, 1.54) is 33.3 Å². The summed E-state index contributed by atoms with van der Waals surface area (Å²) in [7, 11) is 0. The number of fused-ring (bicyclic) bond motifs is 5. The van der Waals surface area contributed by atoms with Crippen molar-refractivity contribution in [3.05, 3.63) is 66.2 Å². The van der Waals surface area contributed by atoms with Gasteiger partial charge in [-0.1, -0.05) is 49.0 Å². The summed E-state index contributed by atoms with van der Waals surface area (Å²) in [5.74, 6) is 0. The van der Waals surface area contributed by atoms with E-state index in [9.17, 15) is 0 Å². The first-order valence-corrected chi connectivity index (χ1v) is 5.76. The molecule has 1 heterocycles. The Balaban J connectivity index is 2.19. The molecule has 1 N–H and O–H groups in total. The van der Waals surface area contributed by atoms with Crippen LogP contribution >= 0.6 is 0 Å². The lowest BCUT2D eigenvalue weighted by Crippen LogP contribution is -1.79. The number of hydrogen-bond acceptors (Lipinski definition) is 0. The second-order valence-corrected chi connectivity index (χ2v) is 4.44. The normalized spacial score (nSPS) is 12.8. The lowest BCUT2D eigenvalue weighted by Gasteiger charge is -2.00. The van der Waals surface area contributed by atoms with Crippen molar-refractivity contribution in [2.45, 2.75) is 0 Å². The van der Waals surface area contributed by atoms with Gasteiger partial charge >= 0.3 is 0 Å². The van der Waals surface area contributed by atoms with Gasteiger partial charge in [0.1, 0.15) is 0 Å². The first-order valence-electron chi connectivity index (χ1n) is 5.76. The van der Waals surface area contributed by atoms with E-state index in [0.29, 0.717) is 0 Å². The second kappa shape index (κ2) is 2.89. The Morgan fingerprint density at radius 2 is 1.53 bits per heavy atom. The van der Waals surface area contributed by atoms with E-state index in [1.807, 2.05) is 0 Å². The fourth-order valence-electron chi connectivity index (χ4n) is 2.76. The van der Waals surface area contributed by atoms with Crippen LogP contribution in [0.4, 0.5) is 0 Å². The average Bonchev–Trinajstić information content (AvgIpc) is 2.88. The molecule has 1 aliphatic rings. The van der Waals surface area contributed by atoms with Crippen LogP contribution in [-0.4, -0.2) is 4.98 Å². The lowest BCUT2D eigenvalue weighted by molar-refractivity contribution is 1.46. The molecule has 1 aliphatic carbocycles. The molecule has 2 aromatic carbocycles.